The standard InChI is InChI=1S/C29H40N4O4/c1-22(28(30)35)10-15-27(34)32-26(29(36)31-16-19-33-17-6-3-7-18-33)20-23-11-13-25(14-12-23)37-21-24-8-4-2-5-9-24/h2,4-5,8-9,11-14,22,26H,3,6-7,10,15-21H2,1H3,(H2,30,35)(H,31,36)(H,32,34). The molecule has 2 unspecified atom stereocenters. The topological polar surface area (TPSA) is 114 Å². The van der Waals surface area contributed by atoms with E-state index in [1.807, 2.05) is 54.6 Å². The van der Waals surface area contributed by atoms with Crippen LogP contribution in [0.1, 0.15) is 50.2 Å². The lowest BCUT2D eigenvalue weighted by molar-refractivity contribution is -0.129. The summed E-state index contributed by atoms with van der Waals surface area (Å²) in [5.41, 5.74) is 7.30. The van der Waals surface area contributed by atoms with E-state index in [9.17, 15) is 14.4 Å². The first-order valence-electron chi connectivity index (χ1n) is 13.2. The van der Waals surface area contributed by atoms with Gasteiger partial charge in [-0.15, -0.1) is 0 Å². The lowest BCUT2D eigenvalue weighted by Gasteiger charge is -2.27. The van der Waals surface area contributed by atoms with Gasteiger partial charge in [-0.25, -0.2) is 0 Å². The molecule has 0 bridgehead atoms. The highest BCUT2D eigenvalue weighted by molar-refractivity contribution is 5.88. The maximum Gasteiger partial charge on any atom is 0.242 e. The van der Waals surface area contributed by atoms with Crippen LogP contribution in [0, 0.1) is 5.92 Å². The van der Waals surface area contributed by atoms with E-state index in [4.69, 9.17) is 10.5 Å². The average Bonchev–Trinajstić information content (AvgIpc) is 2.92. The van der Waals surface area contributed by atoms with Gasteiger partial charge in [0.1, 0.15) is 18.4 Å². The number of piperidine rings is 1. The number of carbonyl (C=O) groups is 3. The van der Waals surface area contributed by atoms with E-state index in [2.05, 4.69) is 15.5 Å². The molecule has 2 aromatic rings. The van der Waals surface area contributed by atoms with E-state index in [1.165, 1.54) is 19.3 Å². The number of ether oxygens (including phenoxy) is 1. The Balaban J connectivity index is 1.56. The third kappa shape index (κ3) is 10.2. The van der Waals surface area contributed by atoms with E-state index in [0.717, 1.165) is 36.5 Å². The van der Waals surface area contributed by atoms with Crippen molar-refractivity contribution >= 4 is 17.7 Å². The highest BCUT2D eigenvalue weighted by Gasteiger charge is 2.22. The minimum atomic E-state index is -0.714. The lowest BCUT2D eigenvalue weighted by Crippen LogP contribution is -2.49. The summed E-state index contributed by atoms with van der Waals surface area (Å²) in [4.78, 5) is 39.3. The number of likely N-dealkylation sites (tertiary alicyclic amines) is 1. The SMILES string of the molecule is CC(CCC(=O)NC(Cc1ccc(OCc2ccccc2)cc1)C(=O)NCCN1CCCCC1)C(N)=O. The second kappa shape index (κ2) is 15.0. The Morgan fingerprint density at radius 3 is 2.35 bits per heavy atom. The maximum absolute atomic E-state index is 13.1. The molecule has 4 N–H and O–H groups in total. The van der Waals surface area contributed by atoms with Gasteiger partial charge in [-0.1, -0.05) is 55.8 Å². The van der Waals surface area contributed by atoms with Crippen LogP contribution in [0.4, 0.5) is 0 Å². The third-order valence-corrected chi connectivity index (χ3v) is 6.73. The van der Waals surface area contributed by atoms with Crippen molar-refractivity contribution in [3.8, 4) is 5.75 Å². The highest BCUT2D eigenvalue weighted by atomic mass is 16.5. The molecule has 1 saturated heterocycles. The van der Waals surface area contributed by atoms with Crippen molar-refractivity contribution in [2.24, 2.45) is 11.7 Å². The number of nitrogens with two attached hydrogens (primary N) is 1. The van der Waals surface area contributed by atoms with Gasteiger partial charge in [0.15, 0.2) is 0 Å². The van der Waals surface area contributed by atoms with Crippen LogP contribution in [0.15, 0.2) is 54.6 Å². The Morgan fingerprint density at radius 2 is 1.68 bits per heavy atom. The first-order chi connectivity index (χ1) is 17.9. The molecule has 2 aromatic carbocycles. The summed E-state index contributed by atoms with van der Waals surface area (Å²) in [6, 6.07) is 16.8. The number of nitrogens with one attached hydrogen (secondary N) is 2. The monoisotopic (exact) mass is 508 g/mol. The van der Waals surface area contributed by atoms with Crippen LogP contribution in [-0.2, 0) is 27.4 Å². The zero-order valence-electron chi connectivity index (χ0n) is 21.8. The fourth-order valence-electron chi connectivity index (χ4n) is 4.31. The number of hydrogen-bond acceptors (Lipinski definition) is 5. The van der Waals surface area contributed by atoms with E-state index in [0.29, 0.717) is 26.0 Å². The molecule has 0 spiro atoms. The molecule has 0 radical (unpaired) electrons. The third-order valence-electron chi connectivity index (χ3n) is 6.73. The van der Waals surface area contributed by atoms with Crippen LogP contribution < -0.4 is 21.1 Å². The van der Waals surface area contributed by atoms with Crippen LogP contribution in [0.2, 0.25) is 0 Å². The number of hydrogen-bond donors (Lipinski definition) is 3. The van der Waals surface area contributed by atoms with Gasteiger partial charge in [0.2, 0.25) is 17.7 Å². The molecule has 2 atom stereocenters. The first-order valence-corrected chi connectivity index (χ1v) is 13.2. The molecular formula is C29H40N4O4. The van der Waals surface area contributed by atoms with E-state index in [-0.39, 0.29) is 18.2 Å². The molecule has 3 rings (SSSR count). The van der Waals surface area contributed by atoms with Gasteiger partial charge in [0.05, 0.1) is 0 Å². The van der Waals surface area contributed by atoms with Crippen LogP contribution >= 0.6 is 0 Å². The smallest absolute Gasteiger partial charge is 0.242 e. The van der Waals surface area contributed by atoms with Gasteiger partial charge in [0, 0.05) is 31.8 Å². The molecule has 1 aliphatic heterocycles. The van der Waals surface area contributed by atoms with Crippen molar-refractivity contribution in [3.05, 3.63) is 65.7 Å². The number of benzene rings is 2. The Labute approximate surface area is 219 Å². The number of primary amides is 1. The van der Waals surface area contributed by atoms with Crippen LogP contribution in [0.5, 0.6) is 5.75 Å². The summed E-state index contributed by atoms with van der Waals surface area (Å²) in [7, 11) is 0. The Kier molecular flexibility index (Phi) is 11.4. The molecule has 0 aromatic heterocycles. The summed E-state index contributed by atoms with van der Waals surface area (Å²) >= 11 is 0. The zero-order chi connectivity index (χ0) is 26.5. The van der Waals surface area contributed by atoms with Gasteiger partial charge in [-0.2, -0.15) is 0 Å². The summed E-state index contributed by atoms with van der Waals surface area (Å²) in [5, 5.41) is 5.86. The quantitative estimate of drug-likeness (QED) is 0.363. The number of amides is 3. The molecular weight excluding hydrogens is 468 g/mol. The van der Waals surface area contributed by atoms with E-state index < -0.39 is 17.9 Å². The Hall–Kier alpha value is -3.39. The second-order valence-corrected chi connectivity index (χ2v) is 9.78. The summed E-state index contributed by atoms with van der Waals surface area (Å²) < 4.78 is 5.86. The molecule has 1 aliphatic rings. The number of carbonyl (C=O) groups excluding carboxylic acids is 3. The van der Waals surface area contributed by atoms with Crippen molar-refractivity contribution in [1.82, 2.24) is 15.5 Å². The summed E-state index contributed by atoms with van der Waals surface area (Å²) in [5.74, 6) is -0.579. The van der Waals surface area contributed by atoms with Crippen LogP contribution in [0.25, 0.3) is 0 Å². The fourth-order valence-corrected chi connectivity index (χ4v) is 4.31. The molecule has 3 amide bonds. The zero-order valence-corrected chi connectivity index (χ0v) is 21.8. The van der Waals surface area contributed by atoms with Gasteiger partial charge < -0.3 is 26.0 Å². The Morgan fingerprint density at radius 1 is 0.973 bits per heavy atom. The van der Waals surface area contributed by atoms with Gasteiger partial charge >= 0.3 is 0 Å². The normalized spacial score (nSPS) is 15.4. The van der Waals surface area contributed by atoms with Crippen molar-refractivity contribution in [1.29, 1.82) is 0 Å². The molecule has 0 saturated carbocycles. The van der Waals surface area contributed by atoms with Crippen molar-refractivity contribution in [2.45, 2.75) is 58.1 Å². The van der Waals surface area contributed by atoms with Gasteiger partial charge in [-0.05, 0) is 55.6 Å². The fraction of sp³-hybridized carbons (Fsp3) is 0.483. The molecule has 8 heteroatoms. The molecule has 8 nitrogen and oxygen atoms in total. The molecule has 1 heterocycles. The minimum Gasteiger partial charge on any atom is -0.489 e. The number of nitrogens with zero attached hydrogens (tertiary/aromatic N) is 1. The van der Waals surface area contributed by atoms with Crippen molar-refractivity contribution < 1.29 is 19.1 Å². The first kappa shape index (κ1) is 28.2. The number of rotatable bonds is 14. The van der Waals surface area contributed by atoms with E-state index >= 15 is 0 Å². The Bertz CT molecular complexity index is 991. The summed E-state index contributed by atoms with van der Waals surface area (Å²) in [6.45, 7) is 5.63. The maximum atomic E-state index is 13.1. The average molecular weight is 509 g/mol. The molecule has 37 heavy (non-hydrogen) atoms. The lowest BCUT2D eigenvalue weighted by atomic mass is 10.0. The van der Waals surface area contributed by atoms with Crippen molar-refractivity contribution in [3.63, 3.8) is 0 Å². The predicted octanol–water partition coefficient (Wildman–Crippen LogP) is 2.80. The van der Waals surface area contributed by atoms with Crippen molar-refractivity contribution in [2.75, 3.05) is 26.2 Å². The van der Waals surface area contributed by atoms with Crippen LogP contribution in [-0.4, -0.2) is 54.8 Å². The van der Waals surface area contributed by atoms with Gasteiger partial charge in [0.25, 0.3) is 0 Å². The largest absolute Gasteiger partial charge is 0.489 e. The molecule has 200 valence electrons. The molecule has 0 aliphatic carbocycles. The van der Waals surface area contributed by atoms with Crippen LogP contribution in [0.3, 0.4) is 0 Å². The molecule has 1 fully saturated rings. The van der Waals surface area contributed by atoms with E-state index in [1.54, 1.807) is 6.92 Å². The minimum absolute atomic E-state index is 0.133. The highest BCUT2D eigenvalue weighted by Crippen LogP contribution is 2.16. The predicted molar refractivity (Wildman–Crippen MR) is 144 cm³/mol. The second-order valence-electron chi connectivity index (χ2n) is 9.78. The summed E-state index contributed by atoms with van der Waals surface area (Å²) in [6.07, 6.45) is 4.49. The van der Waals surface area contributed by atoms with Gasteiger partial charge in [-0.3, -0.25) is 14.4 Å².